The number of carbonyl (C=O) groups is 1. The monoisotopic (exact) mass is 344 g/mol. The Morgan fingerprint density at radius 3 is 2.23 bits per heavy atom. The molecule has 0 spiro atoms. The smallest absolute Gasteiger partial charge is 0.242 e. The summed E-state index contributed by atoms with van der Waals surface area (Å²) in [5.41, 5.74) is 1.21. The Morgan fingerprint density at radius 2 is 1.73 bits per heavy atom. The molecule has 0 aliphatic heterocycles. The zero-order valence-electron chi connectivity index (χ0n) is 13.6. The van der Waals surface area contributed by atoms with Crippen molar-refractivity contribution in [3.05, 3.63) is 35.9 Å². The number of alkyl halides is 2. The normalized spacial score (nSPS) is 14.4. The molecule has 1 amide bonds. The van der Waals surface area contributed by atoms with Crippen molar-refractivity contribution in [2.45, 2.75) is 44.0 Å². The quantitative estimate of drug-likeness (QED) is 0.530. The predicted octanol–water partition coefficient (Wildman–Crippen LogP) is 3.64. The Hall–Kier alpha value is -0.770. The molecule has 0 fully saturated rings. The maximum atomic E-state index is 11.9. The minimum Gasteiger partial charge on any atom is -0.353 e. The van der Waals surface area contributed by atoms with E-state index in [1.54, 1.807) is 6.92 Å². The van der Waals surface area contributed by atoms with E-state index in [0.717, 1.165) is 12.8 Å². The fourth-order valence-corrected chi connectivity index (χ4v) is 2.68. The van der Waals surface area contributed by atoms with Crippen molar-refractivity contribution < 1.29 is 4.79 Å². The summed E-state index contributed by atoms with van der Waals surface area (Å²) in [6.07, 6.45) is 1.97. The molecule has 0 radical (unpaired) electrons. The lowest BCUT2D eigenvalue weighted by molar-refractivity contribution is -0.122. The summed E-state index contributed by atoms with van der Waals surface area (Å²) in [5, 5.41) is 6.41. The summed E-state index contributed by atoms with van der Waals surface area (Å²) in [5.74, 6) is -0.143. The van der Waals surface area contributed by atoms with Gasteiger partial charge in [-0.15, -0.1) is 23.2 Å². The lowest BCUT2D eigenvalue weighted by Gasteiger charge is -2.34. The lowest BCUT2D eigenvalue weighted by atomic mass is 9.84. The number of benzene rings is 1. The fraction of sp³-hybridized carbons (Fsp3) is 0.588. The predicted molar refractivity (Wildman–Crippen MR) is 94.7 cm³/mol. The topological polar surface area (TPSA) is 41.1 Å². The van der Waals surface area contributed by atoms with Crippen molar-refractivity contribution in [3.8, 4) is 0 Å². The van der Waals surface area contributed by atoms with Crippen molar-refractivity contribution in [2.75, 3.05) is 19.0 Å². The molecule has 0 bridgehead atoms. The van der Waals surface area contributed by atoms with Crippen LogP contribution in [0.4, 0.5) is 0 Å². The van der Waals surface area contributed by atoms with Crippen molar-refractivity contribution in [2.24, 2.45) is 0 Å². The highest BCUT2D eigenvalue weighted by molar-refractivity contribution is 6.39. The molecule has 0 saturated heterocycles. The van der Waals surface area contributed by atoms with Crippen LogP contribution in [0, 0.1) is 0 Å². The minimum atomic E-state index is -1.05. The molecule has 0 saturated carbocycles. The third-order valence-corrected chi connectivity index (χ3v) is 5.11. The van der Waals surface area contributed by atoms with Gasteiger partial charge in [0.05, 0.1) is 5.88 Å². The van der Waals surface area contributed by atoms with E-state index in [2.05, 4.69) is 48.7 Å². The average Bonchev–Trinajstić information content (AvgIpc) is 2.56. The van der Waals surface area contributed by atoms with Crippen LogP contribution in [0.25, 0.3) is 0 Å². The number of nitrogens with one attached hydrogen (secondary N) is 2. The zero-order valence-corrected chi connectivity index (χ0v) is 15.1. The van der Waals surface area contributed by atoms with Crippen LogP contribution >= 0.6 is 23.2 Å². The van der Waals surface area contributed by atoms with Gasteiger partial charge in [0.15, 0.2) is 0 Å². The van der Waals surface area contributed by atoms with Crippen molar-refractivity contribution in [3.63, 3.8) is 0 Å². The molecular formula is C17H26Cl2N2O. The Morgan fingerprint density at radius 1 is 1.14 bits per heavy atom. The van der Waals surface area contributed by atoms with Crippen LogP contribution in [0.5, 0.6) is 0 Å². The molecule has 1 rings (SSSR count). The largest absolute Gasteiger partial charge is 0.353 e. The zero-order chi connectivity index (χ0) is 16.6. The Balaban J connectivity index is 2.58. The van der Waals surface area contributed by atoms with E-state index in [-0.39, 0.29) is 17.3 Å². The first-order valence-corrected chi connectivity index (χ1v) is 8.67. The van der Waals surface area contributed by atoms with E-state index in [4.69, 9.17) is 23.2 Å². The third kappa shape index (κ3) is 4.87. The Bertz CT molecular complexity index is 459. The second-order valence-corrected chi connectivity index (χ2v) is 6.77. The second kappa shape index (κ2) is 8.76. The van der Waals surface area contributed by atoms with Crippen molar-refractivity contribution in [1.29, 1.82) is 0 Å². The van der Waals surface area contributed by atoms with Crippen LogP contribution in [-0.4, -0.2) is 29.8 Å². The lowest BCUT2D eigenvalue weighted by Crippen LogP contribution is -2.48. The first-order valence-electron chi connectivity index (χ1n) is 7.75. The van der Waals surface area contributed by atoms with Crippen LogP contribution in [0.15, 0.2) is 30.3 Å². The van der Waals surface area contributed by atoms with E-state index in [0.29, 0.717) is 13.1 Å². The van der Waals surface area contributed by atoms with Gasteiger partial charge in [-0.3, -0.25) is 4.79 Å². The molecule has 2 N–H and O–H groups in total. The highest BCUT2D eigenvalue weighted by Crippen LogP contribution is 2.28. The highest BCUT2D eigenvalue weighted by atomic mass is 35.5. The second-order valence-electron chi connectivity index (χ2n) is 5.67. The van der Waals surface area contributed by atoms with E-state index in [9.17, 15) is 4.79 Å². The molecule has 1 atom stereocenters. The van der Waals surface area contributed by atoms with Gasteiger partial charge >= 0.3 is 0 Å². The summed E-state index contributed by atoms with van der Waals surface area (Å²) in [4.78, 5) is 10.8. The van der Waals surface area contributed by atoms with Gasteiger partial charge in [-0.25, -0.2) is 0 Å². The highest BCUT2D eigenvalue weighted by Gasteiger charge is 2.30. The van der Waals surface area contributed by atoms with Gasteiger partial charge in [0, 0.05) is 18.6 Å². The number of hydrogen-bond acceptors (Lipinski definition) is 2. The molecule has 22 heavy (non-hydrogen) atoms. The minimum absolute atomic E-state index is 0.0667. The van der Waals surface area contributed by atoms with Crippen LogP contribution < -0.4 is 10.6 Å². The van der Waals surface area contributed by atoms with E-state index >= 15 is 0 Å². The van der Waals surface area contributed by atoms with Crippen LogP contribution in [0.2, 0.25) is 0 Å². The maximum Gasteiger partial charge on any atom is 0.242 e. The summed E-state index contributed by atoms with van der Waals surface area (Å²) in [6, 6.07) is 10.4. The van der Waals surface area contributed by atoms with Crippen LogP contribution in [-0.2, 0) is 10.3 Å². The third-order valence-electron chi connectivity index (χ3n) is 4.13. The molecule has 0 aliphatic carbocycles. The molecule has 124 valence electrons. The summed E-state index contributed by atoms with van der Waals surface area (Å²) < 4.78 is 0. The van der Waals surface area contributed by atoms with Crippen LogP contribution in [0.1, 0.15) is 39.2 Å². The van der Waals surface area contributed by atoms with Gasteiger partial charge in [-0.2, -0.15) is 0 Å². The van der Waals surface area contributed by atoms with Gasteiger partial charge in [0.1, 0.15) is 4.87 Å². The number of amides is 1. The van der Waals surface area contributed by atoms with Crippen molar-refractivity contribution >= 4 is 29.1 Å². The van der Waals surface area contributed by atoms with Gasteiger partial charge in [0.25, 0.3) is 0 Å². The fourth-order valence-electron chi connectivity index (χ4n) is 2.49. The molecular weight excluding hydrogens is 319 g/mol. The Labute approximate surface area is 143 Å². The van der Waals surface area contributed by atoms with Crippen LogP contribution in [0.3, 0.4) is 0 Å². The molecule has 1 unspecified atom stereocenters. The van der Waals surface area contributed by atoms with E-state index < -0.39 is 4.87 Å². The average molecular weight is 345 g/mol. The number of hydrogen-bond donors (Lipinski definition) is 2. The number of carbonyl (C=O) groups excluding carboxylic acids is 1. The summed E-state index contributed by atoms with van der Waals surface area (Å²) >= 11 is 11.7. The number of rotatable bonds is 9. The van der Waals surface area contributed by atoms with E-state index in [1.807, 2.05) is 6.07 Å². The van der Waals surface area contributed by atoms with Gasteiger partial charge < -0.3 is 10.6 Å². The molecule has 0 aromatic heterocycles. The number of halogens is 2. The van der Waals surface area contributed by atoms with Gasteiger partial charge in [-0.1, -0.05) is 44.2 Å². The molecule has 3 nitrogen and oxygen atoms in total. The Kier molecular flexibility index (Phi) is 7.67. The maximum absolute atomic E-state index is 11.9. The molecule has 0 heterocycles. The first-order chi connectivity index (χ1) is 10.4. The first kappa shape index (κ1) is 19.3. The van der Waals surface area contributed by atoms with Gasteiger partial charge in [0.2, 0.25) is 5.91 Å². The molecule has 0 aliphatic rings. The standard InChI is InChI=1S/C17H26Cl2N2O/c1-4-17(5-2,14-9-7-6-8-10-14)21-12-11-20-15(22)16(3,19)13-18/h6-10,21H,4-5,11-13H2,1-3H3,(H,20,22). The SMILES string of the molecule is CCC(CC)(NCCNC(=O)C(C)(Cl)CCl)c1ccccc1. The molecule has 1 aromatic carbocycles. The summed E-state index contributed by atoms with van der Waals surface area (Å²) in [7, 11) is 0. The van der Waals surface area contributed by atoms with Crippen molar-refractivity contribution in [1.82, 2.24) is 10.6 Å². The molecule has 1 aromatic rings. The van der Waals surface area contributed by atoms with Gasteiger partial charge in [-0.05, 0) is 25.3 Å². The van der Waals surface area contributed by atoms with E-state index in [1.165, 1.54) is 5.56 Å². The molecule has 5 heteroatoms. The summed E-state index contributed by atoms with van der Waals surface area (Å²) in [6.45, 7) is 7.16.